The van der Waals surface area contributed by atoms with Gasteiger partial charge in [0.15, 0.2) is 19.7 Å². The summed E-state index contributed by atoms with van der Waals surface area (Å²) in [5.41, 5.74) is 5.78. The summed E-state index contributed by atoms with van der Waals surface area (Å²) in [6, 6.07) is 23.4. The van der Waals surface area contributed by atoms with Gasteiger partial charge in [-0.15, -0.1) is 12.4 Å². The number of nitrogens with zero attached hydrogens (tertiary/aromatic N) is 2. The number of nitrogens with two attached hydrogens (primary N) is 1. The topological polar surface area (TPSA) is 226 Å². The van der Waals surface area contributed by atoms with Crippen LogP contribution in [0, 0.1) is 0 Å². The highest BCUT2D eigenvalue weighted by atomic mass is 35.5. The number of rotatable bonds is 23. The van der Waals surface area contributed by atoms with Crippen molar-refractivity contribution in [3.05, 3.63) is 132 Å². The van der Waals surface area contributed by atoms with E-state index in [1.165, 1.54) is 69.3 Å². The highest BCUT2D eigenvalue weighted by Gasteiger charge is 2.31. The number of alkyl carbamates (subject to hydrolysis) is 1. The SMILES string of the molecule is CC(C)N(C(C)C)S(=O)(=O)c1ccc(COc2ccccc2S(=O)(=O)C/C(F)=C/CN)cc1.CC(C)N(C(C)C)S(=O)(=O)c1ccc(COc2ccccc2S(=O)(=O)C/C(F)=C/CNC(=O)OC(C)(C)C)cc1.Cl. The quantitative estimate of drug-likeness (QED) is 0.0707. The van der Waals surface area contributed by atoms with Gasteiger partial charge in [-0.05, 0) is 148 Å². The summed E-state index contributed by atoms with van der Waals surface area (Å²) in [4.78, 5) is 11.7. The van der Waals surface area contributed by atoms with Crippen LogP contribution in [0.4, 0.5) is 13.6 Å². The predicted molar refractivity (Wildman–Crippen MR) is 286 cm³/mol. The molecule has 412 valence electrons. The van der Waals surface area contributed by atoms with Crippen molar-refractivity contribution in [1.29, 1.82) is 0 Å². The third-order valence-corrected chi connectivity index (χ3v) is 18.0. The van der Waals surface area contributed by atoms with E-state index in [2.05, 4.69) is 5.32 Å². The van der Waals surface area contributed by atoms with E-state index in [0.717, 1.165) is 12.2 Å². The molecule has 1 amide bonds. The molecule has 0 aliphatic carbocycles. The first-order valence-electron chi connectivity index (χ1n) is 23.3. The number of carbonyl (C=O) groups excluding carboxylic acids is 1. The number of nitrogens with one attached hydrogen (secondary N) is 1. The molecule has 0 atom stereocenters. The molecule has 4 aromatic carbocycles. The number of amides is 1. The number of sulfone groups is 2. The van der Waals surface area contributed by atoms with Crippen molar-refractivity contribution < 1.29 is 61.5 Å². The number of hydrogen-bond acceptors (Lipinski definition) is 13. The predicted octanol–water partition coefficient (Wildman–Crippen LogP) is 9.31. The van der Waals surface area contributed by atoms with Crippen LogP contribution < -0.4 is 20.5 Å². The minimum absolute atomic E-state index is 0. The van der Waals surface area contributed by atoms with E-state index < -0.39 is 74.6 Å². The zero-order chi connectivity index (χ0) is 55.1. The van der Waals surface area contributed by atoms with Crippen LogP contribution in [0.2, 0.25) is 0 Å². The Morgan fingerprint density at radius 3 is 1.24 bits per heavy atom. The van der Waals surface area contributed by atoms with Crippen LogP contribution in [-0.4, -0.2) is 103 Å². The van der Waals surface area contributed by atoms with Gasteiger partial charge in [0, 0.05) is 37.3 Å². The van der Waals surface area contributed by atoms with Gasteiger partial charge in [-0.1, -0.05) is 48.5 Å². The number of hydrogen-bond donors (Lipinski definition) is 2. The smallest absolute Gasteiger partial charge is 0.407 e. The van der Waals surface area contributed by atoms with Gasteiger partial charge >= 0.3 is 6.09 Å². The molecule has 0 fully saturated rings. The molecule has 23 heteroatoms. The molecule has 0 bridgehead atoms. The summed E-state index contributed by atoms with van der Waals surface area (Å²) in [7, 11) is -15.5. The maximum Gasteiger partial charge on any atom is 0.407 e. The normalized spacial score (nSPS) is 13.0. The Labute approximate surface area is 443 Å². The van der Waals surface area contributed by atoms with Crippen LogP contribution >= 0.6 is 12.4 Å². The van der Waals surface area contributed by atoms with Crippen LogP contribution in [-0.2, 0) is 57.7 Å². The molecule has 0 spiro atoms. The van der Waals surface area contributed by atoms with Crippen molar-refractivity contribution >= 4 is 58.2 Å². The minimum Gasteiger partial charge on any atom is -0.488 e. The molecule has 0 saturated carbocycles. The van der Waals surface area contributed by atoms with E-state index in [1.54, 1.807) is 57.2 Å². The maximum absolute atomic E-state index is 14.4. The second-order valence-electron chi connectivity index (χ2n) is 18.7. The number of ether oxygens (including phenoxy) is 3. The Morgan fingerprint density at radius 2 is 0.919 bits per heavy atom. The van der Waals surface area contributed by atoms with Crippen LogP contribution in [0.5, 0.6) is 11.5 Å². The summed E-state index contributed by atoms with van der Waals surface area (Å²) in [6.45, 7) is 19.2. The molecule has 74 heavy (non-hydrogen) atoms. The Kier molecular flexibility index (Phi) is 24.9. The summed E-state index contributed by atoms with van der Waals surface area (Å²) in [5.74, 6) is -3.39. The van der Waals surface area contributed by atoms with E-state index in [4.69, 9.17) is 19.9 Å². The Balaban J connectivity index is 0.000000509. The molecule has 0 aromatic heterocycles. The van der Waals surface area contributed by atoms with Gasteiger partial charge in [-0.3, -0.25) is 0 Å². The third kappa shape index (κ3) is 19.3. The Hall–Kier alpha value is -4.94. The molecule has 0 radical (unpaired) electrons. The minimum atomic E-state index is -4.12. The second kappa shape index (κ2) is 28.3. The van der Waals surface area contributed by atoms with Gasteiger partial charge in [0.25, 0.3) is 0 Å². The Morgan fingerprint density at radius 1 is 0.581 bits per heavy atom. The van der Waals surface area contributed by atoms with Gasteiger partial charge < -0.3 is 25.3 Å². The first-order chi connectivity index (χ1) is 33.8. The van der Waals surface area contributed by atoms with E-state index >= 15 is 0 Å². The van der Waals surface area contributed by atoms with Gasteiger partial charge in [0.1, 0.15) is 63.3 Å². The van der Waals surface area contributed by atoms with Crippen LogP contribution in [0.1, 0.15) is 87.3 Å². The lowest BCUT2D eigenvalue weighted by Gasteiger charge is -2.29. The number of halogens is 3. The maximum atomic E-state index is 14.4. The zero-order valence-corrected chi connectivity index (χ0v) is 47.7. The van der Waals surface area contributed by atoms with E-state index in [-0.39, 0.29) is 94.0 Å². The van der Waals surface area contributed by atoms with Gasteiger partial charge in [0.05, 0.1) is 9.79 Å². The third-order valence-electron chi connectivity index (χ3n) is 10.2. The molecule has 4 rings (SSSR count). The van der Waals surface area contributed by atoms with Crippen molar-refractivity contribution in [1.82, 2.24) is 13.9 Å². The molecule has 0 unspecified atom stereocenters. The zero-order valence-electron chi connectivity index (χ0n) is 43.6. The standard InChI is InChI=1S/C28H39FN2O7S2.C23H31FN2O5S2.ClH/c1-20(2)31(21(3)4)40(35,36)24-14-12-22(13-15-24)18-37-25-10-8-9-11-26(25)39(33,34)19-23(29)16-17-30-27(32)38-28(5,6)7;1-17(2)26(18(3)4)33(29,30)21-11-9-19(10-12-21)15-31-22-7-5-6-8-23(22)32(27,28)16-20(24)13-14-25;/h8-16,20-21H,17-19H2,1-7H3,(H,30,32);5-13,17-18H,14-16,25H2,1-4H3;1H/b23-16-;20-13-;. The summed E-state index contributed by atoms with van der Waals surface area (Å²) < 4.78 is 151. The highest BCUT2D eigenvalue weighted by Crippen LogP contribution is 2.30. The fraction of sp³-hybridized carbons (Fsp3) is 0.431. The number of carbonyl (C=O) groups is 1. The van der Waals surface area contributed by atoms with Crippen LogP contribution in [0.25, 0.3) is 0 Å². The molecule has 3 N–H and O–H groups in total. The van der Waals surface area contributed by atoms with Gasteiger partial charge in [-0.2, -0.15) is 8.61 Å². The van der Waals surface area contributed by atoms with Crippen LogP contribution in [0.15, 0.2) is 140 Å². The molecular weight excluding hydrogens is 1060 g/mol. The monoisotopic (exact) mass is 1130 g/mol. The van der Waals surface area contributed by atoms with E-state index in [9.17, 15) is 47.2 Å². The van der Waals surface area contributed by atoms with Gasteiger partial charge in [0.2, 0.25) is 20.0 Å². The number of benzene rings is 4. The summed E-state index contributed by atoms with van der Waals surface area (Å²) in [5, 5.41) is 2.34. The first-order valence-corrected chi connectivity index (χ1v) is 29.5. The lowest BCUT2D eigenvalue weighted by atomic mass is 10.2. The van der Waals surface area contributed by atoms with E-state index in [0.29, 0.717) is 11.1 Å². The van der Waals surface area contributed by atoms with Crippen molar-refractivity contribution in [2.75, 3.05) is 24.6 Å². The van der Waals surface area contributed by atoms with E-state index in [1.807, 2.05) is 55.4 Å². The van der Waals surface area contributed by atoms with Crippen LogP contribution in [0.3, 0.4) is 0 Å². The largest absolute Gasteiger partial charge is 0.488 e. The average Bonchev–Trinajstić information content (AvgIpc) is 3.26. The fourth-order valence-corrected chi connectivity index (χ4v) is 13.7. The number of para-hydroxylation sites is 2. The molecule has 0 aliphatic heterocycles. The van der Waals surface area contributed by atoms with Crippen molar-refractivity contribution in [3.63, 3.8) is 0 Å². The van der Waals surface area contributed by atoms with Gasteiger partial charge in [-0.25, -0.2) is 47.2 Å². The lowest BCUT2D eigenvalue weighted by molar-refractivity contribution is 0.0533. The molecular formula is C51H71ClF2N4O12S4. The fourth-order valence-electron chi connectivity index (χ4n) is 7.36. The van der Waals surface area contributed by atoms with Crippen molar-refractivity contribution in [3.8, 4) is 11.5 Å². The molecule has 16 nitrogen and oxygen atoms in total. The van der Waals surface area contributed by atoms with Crippen molar-refractivity contribution in [2.24, 2.45) is 5.73 Å². The number of sulfonamides is 2. The summed E-state index contributed by atoms with van der Waals surface area (Å²) >= 11 is 0. The highest BCUT2D eigenvalue weighted by molar-refractivity contribution is 7.92. The molecule has 0 aliphatic rings. The first kappa shape index (κ1) is 65.2. The molecule has 0 saturated heterocycles. The second-order valence-corrected chi connectivity index (χ2v) is 26.3. The Bertz CT molecular complexity index is 2970. The van der Waals surface area contributed by atoms with Crippen molar-refractivity contribution in [2.45, 2.75) is 139 Å². The molecule has 0 heterocycles. The summed E-state index contributed by atoms with van der Waals surface area (Å²) in [6.07, 6.45) is 1.22. The lowest BCUT2D eigenvalue weighted by Crippen LogP contribution is -2.41. The average molecular weight is 1130 g/mol. The molecule has 4 aromatic rings.